The summed E-state index contributed by atoms with van der Waals surface area (Å²) >= 11 is 1.11. The summed E-state index contributed by atoms with van der Waals surface area (Å²) in [6, 6.07) is 4.97. The van der Waals surface area contributed by atoms with E-state index in [1.54, 1.807) is 24.4 Å². The van der Waals surface area contributed by atoms with Crippen molar-refractivity contribution in [2.24, 2.45) is 0 Å². The molecule has 1 aliphatic rings. The molecule has 1 aromatic heterocycles. The van der Waals surface area contributed by atoms with Crippen LogP contribution in [0.2, 0.25) is 0 Å². The van der Waals surface area contributed by atoms with Crippen LogP contribution in [-0.4, -0.2) is 57.9 Å². The van der Waals surface area contributed by atoms with Crippen LogP contribution >= 0.6 is 11.5 Å². The molecule has 1 atom stereocenters. The molecule has 158 valence electrons. The van der Waals surface area contributed by atoms with Crippen LogP contribution in [0.25, 0.3) is 0 Å². The van der Waals surface area contributed by atoms with Gasteiger partial charge in [-0.15, -0.1) is 5.10 Å². The minimum absolute atomic E-state index is 0.0682. The Kier molecular flexibility index (Phi) is 6.75. The summed E-state index contributed by atoms with van der Waals surface area (Å²) in [6.07, 6.45) is 0. The number of hydrogen-bond acceptors (Lipinski definition) is 8. The van der Waals surface area contributed by atoms with Crippen LogP contribution < -0.4 is 5.32 Å². The van der Waals surface area contributed by atoms with E-state index in [2.05, 4.69) is 14.9 Å². The second-order valence-corrected chi connectivity index (χ2v) is 7.04. The third-order valence-corrected chi connectivity index (χ3v) is 5.07. The van der Waals surface area contributed by atoms with Crippen molar-refractivity contribution in [1.82, 2.24) is 19.8 Å². The molecule has 2 aromatic rings. The van der Waals surface area contributed by atoms with E-state index in [4.69, 9.17) is 14.6 Å². The van der Waals surface area contributed by atoms with Crippen LogP contribution in [-0.2, 0) is 20.8 Å². The molecule has 1 aromatic carbocycles. The number of benzene rings is 1. The van der Waals surface area contributed by atoms with Crippen LogP contribution in [0.1, 0.15) is 34.6 Å². The molecule has 0 aliphatic carbocycles. The first kappa shape index (κ1) is 21.4. The molecule has 0 radical (unpaired) electrons. The highest BCUT2D eigenvalue weighted by Crippen LogP contribution is 2.31. The summed E-state index contributed by atoms with van der Waals surface area (Å²) in [5.74, 6) is -1.62. The first-order valence-corrected chi connectivity index (χ1v) is 9.80. The highest BCUT2D eigenvalue weighted by atomic mass is 32.1. The van der Waals surface area contributed by atoms with Gasteiger partial charge in [-0.1, -0.05) is 16.6 Å². The van der Waals surface area contributed by atoms with Crippen molar-refractivity contribution < 1.29 is 29.0 Å². The lowest BCUT2D eigenvalue weighted by Crippen LogP contribution is -2.47. The highest BCUT2D eigenvalue weighted by molar-refractivity contribution is 7.03. The zero-order valence-corrected chi connectivity index (χ0v) is 17.1. The lowest BCUT2D eigenvalue weighted by Gasteiger charge is -2.34. The Bertz CT molecular complexity index is 958. The van der Waals surface area contributed by atoms with Gasteiger partial charge in [0.2, 0.25) is 0 Å². The Labute approximate surface area is 176 Å². The van der Waals surface area contributed by atoms with Gasteiger partial charge in [-0.25, -0.2) is 14.4 Å². The number of esters is 1. The van der Waals surface area contributed by atoms with E-state index in [-0.39, 0.29) is 30.9 Å². The van der Waals surface area contributed by atoms with Gasteiger partial charge < -0.3 is 19.9 Å². The van der Waals surface area contributed by atoms with Gasteiger partial charge >= 0.3 is 18.0 Å². The second kappa shape index (κ2) is 9.46. The number of aromatic carboxylic acids is 1. The number of hydrogen-bond donors (Lipinski definition) is 2. The molecule has 10 nitrogen and oxygen atoms in total. The highest BCUT2D eigenvalue weighted by Gasteiger charge is 2.37. The third-order valence-electron chi connectivity index (χ3n) is 4.55. The molecule has 11 heteroatoms. The molecule has 2 amide bonds. The Morgan fingerprint density at radius 2 is 2.00 bits per heavy atom. The molecule has 0 saturated heterocycles. The van der Waals surface area contributed by atoms with E-state index in [1.165, 1.54) is 24.1 Å². The van der Waals surface area contributed by atoms with Crippen LogP contribution in [0, 0.1) is 0 Å². The molecule has 1 aliphatic heterocycles. The van der Waals surface area contributed by atoms with Crippen LogP contribution in [0.5, 0.6) is 0 Å². The van der Waals surface area contributed by atoms with Gasteiger partial charge in [0.1, 0.15) is 18.3 Å². The van der Waals surface area contributed by atoms with Gasteiger partial charge in [-0.2, -0.15) is 0 Å². The van der Waals surface area contributed by atoms with Crippen molar-refractivity contribution in [3.05, 3.63) is 57.7 Å². The van der Waals surface area contributed by atoms with Gasteiger partial charge in [0.25, 0.3) is 0 Å². The minimum Gasteiger partial charge on any atom is -0.478 e. The lowest BCUT2D eigenvalue weighted by atomic mass is 9.99. The Hall–Kier alpha value is -3.31. The molecular weight excluding hydrogens is 412 g/mol. The molecule has 0 saturated carbocycles. The number of amides is 2. The number of methoxy groups -OCH3 is 1. The zero-order valence-electron chi connectivity index (χ0n) is 16.3. The van der Waals surface area contributed by atoms with Gasteiger partial charge in [-0.3, -0.25) is 4.90 Å². The maximum atomic E-state index is 12.8. The summed E-state index contributed by atoms with van der Waals surface area (Å²) in [5.41, 5.74) is 1.96. The number of urea groups is 1. The van der Waals surface area contributed by atoms with Crippen molar-refractivity contribution in [2.75, 3.05) is 20.3 Å². The van der Waals surface area contributed by atoms with Crippen LogP contribution in [0.3, 0.4) is 0 Å². The molecule has 3 rings (SSSR count). The number of carbonyl (C=O) groups excluding carboxylic acids is 2. The lowest BCUT2D eigenvalue weighted by molar-refractivity contribution is -0.141. The SMILES string of the molecule is COCCOC(=O)C1=C(C)N(Cc2ccc(C(=O)O)cc2)C(=O)NC1c1csnn1. The fraction of sp³-hybridized carbons (Fsp3) is 0.316. The first-order chi connectivity index (χ1) is 14.4. The average molecular weight is 432 g/mol. The molecular formula is C19H20N4O6S. The predicted molar refractivity (Wildman–Crippen MR) is 106 cm³/mol. The first-order valence-electron chi connectivity index (χ1n) is 8.96. The van der Waals surface area contributed by atoms with E-state index in [0.29, 0.717) is 17.0 Å². The zero-order chi connectivity index (χ0) is 21.7. The summed E-state index contributed by atoms with van der Waals surface area (Å²) in [6.45, 7) is 2.12. The quantitative estimate of drug-likeness (QED) is 0.478. The normalized spacial score (nSPS) is 16.4. The largest absolute Gasteiger partial charge is 0.478 e. The van der Waals surface area contributed by atoms with Crippen molar-refractivity contribution >= 4 is 29.5 Å². The summed E-state index contributed by atoms with van der Waals surface area (Å²) in [4.78, 5) is 38.0. The maximum absolute atomic E-state index is 12.8. The fourth-order valence-corrected chi connectivity index (χ4v) is 3.47. The molecule has 2 heterocycles. The van der Waals surface area contributed by atoms with Crippen LogP contribution in [0.15, 0.2) is 40.9 Å². The maximum Gasteiger partial charge on any atom is 0.338 e. The van der Waals surface area contributed by atoms with Gasteiger partial charge in [0.05, 0.1) is 24.3 Å². The average Bonchev–Trinajstić information content (AvgIpc) is 3.26. The van der Waals surface area contributed by atoms with Crippen molar-refractivity contribution in [3.63, 3.8) is 0 Å². The van der Waals surface area contributed by atoms with Gasteiger partial charge in [0.15, 0.2) is 0 Å². The number of rotatable bonds is 8. The topological polar surface area (TPSA) is 131 Å². The number of allylic oxidation sites excluding steroid dienone is 1. The minimum atomic E-state index is -1.03. The van der Waals surface area contributed by atoms with Crippen LogP contribution in [0.4, 0.5) is 4.79 Å². The number of carboxylic acids is 1. The van der Waals surface area contributed by atoms with Gasteiger partial charge in [-0.05, 0) is 36.2 Å². The second-order valence-electron chi connectivity index (χ2n) is 6.43. The molecule has 1 unspecified atom stereocenters. The molecule has 0 bridgehead atoms. The Balaban J connectivity index is 1.91. The van der Waals surface area contributed by atoms with E-state index in [1.807, 2.05) is 0 Å². The number of carbonyl (C=O) groups is 3. The standard InChI is InChI=1S/C19H20N4O6S/c1-11-15(18(26)29-8-7-28-2)16(14-10-30-22-21-14)20-19(27)23(11)9-12-3-5-13(6-4-12)17(24)25/h3-6,10,16H,7-9H2,1-2H3,(H,20,27)(H,24,25). The van der Waals surface area contributed by atoms with Crippen molar-refractivity contribution in [3.8, 4) is 0 Å². The molecule has 0 fully saturated rings. The fourth-order valence-electron chi connectivity index (χ4n) is 2.99. The Morgan fingerprint density at radius 3 is 2.60 bits per heavy atom. The molecule has 0 spiro atoms. The summed E-state index contributed by atoms with van der Waals surface area (Å²) < 4.78 is 14.0. The van der Waals surface area contributed by atoms with E-state index >= 15 is 0 Å². The number of carboxylic acid groups (broad SMARTS) is 1. The number of aromatic nitrogens is 2. The van der Waals surface area contributed by atoms with E-state index in [0.717, 1.165) is 11.5 Å². The molecule has 30 heavy (non-hydrogen) atoms. The van der Waals surface area contributed by atoms with E-state index < -0.39 is 24.0 Å². The smallest absolute Gasteiger partial charge is 0.338 e. The number of nitrogens with one attached hydrogen (secondary N) is 1. The molecule has 2 N–H and O–H groups in total. The van der Waals surface area contributed by atoms with E-state index in [9.17, 15) is 14.4 Å². The summed E-state index contributed by atoms with van der Waals surface area (Å²) in [5, 5.41) is 17.5. The number of ether oxygens (including phenoxy) is 2. The predicted octanol–water partition coefficient (Wildman–Crippen LogP) is 1.97. The number of nitrogens with zero attached hydrogens (tertiary/aromatic N) is 3. The third kappa shape index (κ3) is 4.63. The monoisotopic (exact) mass is 432 g/mol. The van der Waals surface area contributed by atoms with Crippen molar-refractivity contribution in [1.29, 1.82) is 0 Å². The van der Waals surface area contributed by atoms with Gasteiger partial charge in [0, 0.05) is 18.2 Å². The summed E-state index contributed by atoms with van der Waals surface area (Å²) in [7, 11) is 1.50. The Morgan fingerprint density at radius 1 is 1.27 bits per heavy atom. The van der Waals surface area contributed by atoms with Crippen molar-refractivity contribution in [2.45, 2.75) is 19.5 Å².